The fraction of sp³-hybridized carbons (Fsp3) is 0.286. The summed E-state index contributed by atoms with van der Waals surface area (Å²) in [5.74, 6) is -0.438. The summed E-state index contributed by atoms with van der Waals surface area (Å²) in [6.07, 6.45) is 1.62. The van der Waals surface area contributed by atoms with Crippen molar-refractivity contribution in [2.75, 3.05) is 5.32 Å². The molecule has 1 N–H and O–H groups in total. The molecule has 0 radical (unpaired) electrons. The third kappa shape index (κ3) is 3.63. The second-order valence-corrected chi connectivity index (χ2v) is 5.71. The van der Waals surface area contributed by atoms with Crippen LogP contribution < -0.4 is 10.9 Å². The van der Waals surface area contributed by atoms with Crippen molar-refractivity contribution in [1.29, 1.82) is 0 Å². The lowest BCUT2D eigenvalue weighted by molar-refractivity contribution is -0.116. The van der Waals surface area contributed by atoms with Crippen molar-refractivity contribution in [2.24, 2.45) is 0 Å². The molecular formula is C14H15N3O3S. The number of amides is 1. The number of ketones is 1. The molecule has 1 amide bonds. The molecule has 0 spiro atoms. The van der Waals surface area contributed by atoms with Crippen molar-refractivity contribution < 1.29 is 9.59 Å². The maximum absolute atomic E-state index is 11.9. The summed E-state index contributed by atoms with van der Waals surface area (Å²) in [6, 6.07) is 3.12. The van der Waals surface area contributed by atoms with E-state index in [0.29, 0.717) is 15.7 Å². The average molecular weight is 305 g/mol. The number of Topliss-reactive ketones (excluding diaryl/α,β-unsaturated/α-hetero) is 1. The highest BCUT2D eigenvalue weighted by atomic mass is 32.1. The number of nitrogens with zero attached hydrogens (tertiary/aromatic N) is 2. The summed E-state index contributed by atoms with van der Waals surface area (Å²) in [5.41, 5.74) is 1.25. The number of aryl methyl sites for hydroxylation is 2. The van der Waals surface area contributed by atoms with E-state index in [1.54, 1.807) is 19.2 Å². The van der Waals surface area contributed by atoms with E-state index < -0.39 is 0 Å². The Bertz CT molecular complexity index is 761. The quantitative estimate of drug-likeness (QED) is 0.873. The predicted molar refractivity (Wildman–Crippen MR) is 80.9 cm³/mol. The Morgan fingerprint density at radius 1 is 1.33 bits per heavy atom. The minimum atomic E-state index is -0.355. The molecule has 0 saturated carbocycles. The van der Waals surface area contributed by atoms with Crippen LogP contribution >= 0.6 is 11.3 Å². The number of hydrogen-bond acceptors (Lipinski definition) is 5. The van der Waals surface area contributed by atoms with Gasteiger partial charge in [0, 0.05) is 19.2 Å². The van der Waals surface area contributed by atoms with Gasteiger partial charge in [-0.3, -0.25) is 14.4 Å². The van der Waals surface area contributed by atoms with Gasteiger partial charge in [0.05, 0.1) is 10.6 Å². The number of hydrogen-bond donors (Lipinski definition) is 1. The zero-order valence-corrected chi connectivity index (χ0v) is 12.8. The summed E-state index contributed by atoms with van der Waals surface area (Å²) in [5, 5.41) is 2.97. The van der Waals surface area contributed by atoms with Crippen molar-refractivity contribution in [3.05, 3.63) is 44.8 Å². The lowest BCUT2D eigenvalue weighted by Gasteiger charge is -2.05. The number of carbonyl (C=O) groups excluding carboxylic acids is 2. The van der Waals surface area contributed by atoms with Gasteiger partial charge in [-0.25, -0.2) is 4.98 Å². The summed E-state index contributed by atoms with van der Waals surface area (Å²) >= 11 is 1.13. The lowest BCUT2D eigenvalue weighted by atomic mass is 10.3. The highest BCUT2D eigenvalue weighted by molar-refractivity contribution is 7.17. The molecule has 0 aliphatic rings. The molecule has 7 heteroatoms. The Balaban J connectivity index is 2.12. The van der Waals surface area contributed by atoms with Gasteiger partial charge in [0.1, 0.15) is 6.54 Å². The molecule has 0 fully saturated rings. The Kier molecular flexibility index (Phi) is 4.32. The van der Waals surface area contributed by atoms with Crippen LogP contribution in [-0.4, -0.2) is 21.2 Å². The Hall–Kier alpha value is -2.28. The fourth-order valence-electron chi connectivity index (χ4n) is 1.86. The van der Waals surface area contributed by atoms with Gasteiger partial charge in [-0.05, 0) is 19.4 Å². The van der Waals surface area contributed by atoms with E-state index in [2.05, 4.69) is 10.3 Å². The molecule has 0 aliphatic heterocycles. The minimum Gasteiger partial charge on any atom is -0.306 e. The van der Waals surface area contributed by atoms with E-state index in [1.807, 2.05) is 6.92 Å². The molecule has 0 aromatic carbocycles. The molecule has 2 rings (SSSR count). The van der Waals surface area contributed by atoms with Crippen molar-refractivity contribution in [2.45, 2.75) is 27.3 Å². The maximum atomic E-state index is 11.9. The van der Waals surface area contributed by atoms with Crippen LogP contribution in [0.4, 0.5) is 5.13 Å². The number of pyridine rings is 1. The van der Waals surface area contributed by atoms with Gasteiger partial charge in [-0.2, -0.15) is 0 Å². The molecule has 21 heavy (non-hydrogen) atoms. The van der Waals surface area contributed by atoms with Gasteiger partial charge in [0.15, 0.2) is 10.9 Å². The first-order valence-electron chi connectivity index (χ1n) is 6.32. The van der Waals surface area contributed by atoms with Gasteiger partial charge in [-0.1, -0.05) is 17.4 Å². The monoisotopic (exact) mass is 305 g/mol. The standard InChI is InChI=1S/C14H15N3O3S/c1-8-4-5-12(20)17(6-8)7-11(19)16-14-15-9(2)13(21-14)10(3)18/h4-6H,7H2,1-3H3,(H,15,16,19). The van der Waals surface area contributed by atoms with Crippen LogP contribution in [0.25, 0.3) is 0 Å². The second kappa shape index (κ2) is 6.01. The zero-order valence-electron chi connectivity index (χ0n) is 12.0. The number of carbonyl (C=O) groups is 2. The zero-order chi connectivity index (χ0) is 15.6. The van der Waals surface area contributed by atoms with Gasteiger partial charge in [0.2, 0.25) is 5.91 Å². The molecule has 2 heterocycles. The van der Waals surface area contributed by atoms with Crippen molar-refractivity contribution in [1.82, 2.24) is 9.55 Å². The first-order valence-corrected chi connectivity index (χ1v) is 7.14. The van der Waals surface area contributed by atoms with E-state index in [4.69, 9.17) is 0 Å². The molecule has 6 nitrogen and oxygen atoms in total. The van der Waals surface area contributed by atoms with E-state index >= 15 is 0 Å². The SMILES string of the molecule is CC(=O)c1sc(NC(=O)Cn2cc(C)ccc2=O)nc1C. The van der Waals surface area contributed by atoms with E-state index in [1.165, 1.54) is 17.6 Å². The largest absolute Gasteiger partial charge is 0.306 e. The number of anilines is 1. The fourth-order valence-corrected chi connectivity index (χ4v) is 2.74. The first-order chi connectivity index (χ1) is 9.86. The predicted octanol–water partition coefficient (Wildman–Crippen LogP) is 1.76. The van der Waals surface area contributed by atoms with Gasteiger partial charge < -0.3 is 9.88 Å². The van der Waals surface area contributed by atoms with Crippen LogP contribution in [-0.2, 0) is 11.3 Å². The van der Waals surface area contributed by atoms with Crippen molar-refractivity contribution >= 4 is 28.2 Å². The molecule has 0 aliphatic carbocycles. The van der Waals surface area contributed by atoms with Crippen molar-refractivity contribution in [3.8, 4) is 0 Å². The van der Waals surface area contributed by atoms with Crippen LogP contribution in [0.2, 0.25) is 0 Å². The van der Waals surface area contributed by atoms with Crippen LogP contribution in [0.5, 0.6) is 0 Å². The first kappa shape index (κ1) is 15.1. The summed E-state index contributed by atoms with van der Waals surface area (Å²) in [4.78, 5) is 39.6. The Morgan fingerprint density at radius 3 is 2.67 bits per heavy atom. The van der Waals surface area contributed by atoms with E-state index in [9.17, 15) is 14.4 Å². The maximum Gasteiger partial charge on any atom is 0.251 e. The average Bonchev–Trinajstić information content (AvgIpc) is 2.74. The van der Waals surface area contributed by atoms with Gasteiger partial charge in [0.25, 0.3) is 5.56 Å². The molecule has 0 saturated heterocycles. The minimum absolute atomic E-state index is 0.0830. The number of thiazole rings is 1. The van der Waals surface area contributed by atoms with Crippen LogP contribution in [0.15, 0.2) is 23.1 Å². The molecule has 2 aromatic heterocycles. The third-order valence-electron chi connectivity index (χ3n) is 2.81. The Labute approximate surface area is 125 Å². The number of aromatic nitrogens is 2. The number of nitrogens with one attached hydrogen (secondary N) is 1. The second-order valence-electron chi connectivity index (χ2n) is 4.71. The van der Waals surface area contributed by atoms with Crippen LogP contribution in [0.3, 0.4) is 0 Å². The smallest absolute Gasteiger partial charge is 0.251 e. The molecule has 0 bridgehead atoms. The molecule has 2 aromatic rings. The van der Waals surface area contributed by atoms with Gasteiger partial charge >= 0.3 is 0 Å². The third-order valence-corrected chi connectivity index (χ3v) is 3.98. The molecule has 0 unspecified atom stereocenters. The normalized spacial score (nSPS) is 10.4. The van der Waals surface area contributed by atoms with E-state index in [-0.39, 0.29) is 23.8 Å². The molecular weight excluding hydrogens is 290 g/mol. The summed E-state index contributed by atoms with van der Waals surface area (Å²) in [7, 11) is 0. The van der Waals surface area contributed by atoms with Crippen molar-refractivity contribution in [3.63, 3.8) is 0 Å². The summed E-state index contributed by atoms with van der Waals surface area (Å²) < 4.78 is 1.33. The highest BCUT2D eigenvalue weighted by Gasteiger charge is 2.13. The van der Waals surface area contributed by atoms with Crippen LogP contribution in [0, 0.1) is 13.8 Å². The molecule has 110 valence electrons. The summed E-state index contributed by atoms with van der Waals surface area (Å²) in [6.45, 7) is 4.93. The highest BCUT2D eigenvalue weighted by Crippen LogP contribution is 2.22. The Morgan fingerprint density at radius 2 is 2.05 bits per heavy atom. The molecule has 0 atom stereocenters. The number of rotatable bonds is 4. The van der Waals surface area contributed by atoms with E-state index in [0.717, 1.165) is 16.9 Å². The topological polar surface area (TPSA) is 81.1 Å². The lowest BCUT2D eigenvalue weighted by Crippen LogP contribution is -2.26. The van der Waals surface area contributed by atoms with Gasteiger partial charge in [-0.15, -0.1) is 0 Å². The van der Waals surface area contributed by atoms with Crippen LogP contribution in [0.1, 0.15) is 27.9 Å².